The molecule has 7 heteroatoms. The number of nitrogens with one attached hydrogen (secondary N) is 1. The molecular weight excluding hydrogens is 319 g/mol. The smallest absolute Gasteiger partial charge is 0.124 e. The van der Waals surface area contributed by atoms with Gasteiger partial charge in [0.05, 0.1) is 5.92 Å². The zero-order valence-electron chi connectivity index (χ0n) is 15.0. The summed E-state index contributed by atoms with van der Waals surface area (Å²) in [6.45, 7) is 6.03. The Morgan fingerprint density at radius 3 is 2.76 bits per heavy atom. The maximum atomic E-state index is 13.3. The van der Waals surface area contributed by atoms with Crippen molar-refractivity contribution in [1.29, 1.82) is 0 Å². The summed E-state index contributed by atoms with van der Waals surface area (Å²) < 4.78 is 13.3. The molecule has 0 spiro atoms. The molecule has 1 saturated heterocycles. The van der Waals surface area contributed by atoms with Crippen molar-refractivity contribution in [3.05, 3.63) is 24.2 Å². The maximum Gasteiger partial charge on any atom is 0.124 e. The second-order valence-electron chi connectivity index (χ2n) is 7.05. The van der Waals surface area contributed by atoms with Crippen LogP contribution in [0.4, 0.5) is 4.39 Å². The molecule has 0 aromatic heterocycles. The quantitative estimate of drug-likeness (QED) is 0.603. The Labute approximate surface area is 149 Å². The third-order valence-corrected chi connectivity index (χ3v) is 5.09. The molecule has 25 heavy (non-hydrogen) atoms. The fourth-order valence-electron chi connectivity index (χ4n) is 3.54. The van der Waals surface area contributed by atoms with Crippen LogP contribution in [0.1, 0.15) is 38.5 Å². The van der Waals surface area contributed by atoms with E-state index in [1.807, 2.05) is 19.3 Å². The highest BCUT2D eigenvalue weighted by molar-refractivity contribution is 5.99. The van der Waals surface area contributed by atoms with Crippen molar-refractivity contribution in [2.45, 2.75) is 50.9 Å². The largest absolute Gasteiger partial charge is 0.359 e. The van der Waals surface area contributed by atoms with Crippen LogP contribution in [0.3, 0.4) is 0 Å². The normalized spacial score (nSPS) is 30.4. The Hall–Kier alpha value is -1.89. The SMILES string of the molecule is C=C(N=C(C1C=NN(C)C1N)N1CCCCC1)NC1=CCC(F)CC1. The standard InChI is InChI=1S/C18H29FN6/c1-13(22-15-8-6-14(19)7-9-15)23-18(25-10-4-3-5-11-25)16-12-21-24(2)17(16)20/h8,12,14,16-17,22H,1,3-7,9-11,20H2,2H3. The third-order valence-electron chi connectivity index (χ3n) is 5.09. The Balaban J connectivity index is 1.74. The van der Waals surface area contributed by atoms with Crippen LogP contribution in [-0.2, 0) is 0 Å². The Bertz CT molecular complexity index is 578. The number of likely N-dealkylation sites (tertiary alicyclic amines) is 1. The van der Waals surface area contributed by atoms with Gasteiger partial charge in [-0.05, 0) is 38.5 Å². The highest BCUT2D eigenvalue weighted by Crippen LogP contribution is 2.22. The molecule has 3 atom stereocenters. The molecule has 0 aromatic rings. The minimum Gasteiger partial charge on any atom is -0.359 e. The van der Waals surface area contributed by atoms with Gasteiger partial charge in [0.1, 0.15) is 24.0 Å². The van der Waals surface area contributed by atoms with Gasteiger partial charge in [-0.3, -0.25) is 5.01 Å². The summed E-state index contributed by atoms with van der Waals surface area (Å²) in [4.78, 5) is 7.09. The molecule has 3 rings (SSSR count). The van der Waals surface area contributed by atoms with Crippen LogP contribution in [0, 0.1) is 5.92 Å². The molecule has 3 N–H and O–H groups in total. The van der Waals surface area contributed by atoms with Crippen LogP contribution < -0.4 is 11.1 Å². The van der Waals surface area contributed by atoms with Crippen molar-refractivity contribution in [2.75, 3.05) is 20.1 Å². The molecule has 0 saturated carbocycles. The van der Waals surface area contributed by atoms with Gasteiger partial charge in [-0.25, -0.2) is 9.38 Å². The first kappa shape index (κ1) is 17.9. The van der Waals surface area contributed by atoms with E-state index in [1.54, 1.807) is 5.01 Å². The zero-order valence-corrected chi connectivity index (χ0v) is 15.0. The van der Waals surface area contributed by atoms with Crippen LogP contribution in [0.2, 0.25) is 0 Å². The third kappa shape index (κ3) is 4.39. The van der Waals surface area contributed by atoms with Gasteiger partial charge in [0.2, 0.25) is 0 Å². The number of amidine groups is 1. The van der Waals surface area contributed by atoms with Gasteiger partial charge < -0.3 is 16.0 Å². The first-order valence-corrected chi connectivity index (χ1v) is 9.19. The molecular formula is C18H29FN6. The van der Waals surface area contributed by atoms with Crippen molar-refractivity contribution in [3.63, 3.8) is 0 Å². The molecule has 1 fully saturated rings. The van der Waals surface area contributed by atoms with Gasteiger partial charge in [-0.2, -0.15) is 5.10 Å². The van der Waals surface area contributed by atoms with Gasteiger partial charge in [0, 0.05) is 32.0 Å². The van der Waals surface area contributed by atoms with Gasteiger partial charge in [0.15, 0.2) is 0 Å². The zero-order chi connectivity index (χ0) is 17.8. The van der Waals surface area contributed by atoms with Gasteiger partial charge in [-0.1, -0.05) is 12.7 Å². The first-order chi connectivity index (χ1) is 12.0. The summed E-state index contributed by atoms with van der Waals surface area (Å²) in [6, 6.07) is 0. The number of piperidine rings is 1. The van der Waals surface area contributed by atoms with Crippen LogP contribution in [0.25, 0.3) is 0 Å². The van der Waals surface area contributed by atoms with E-state index in [0.29, 0.717) is 25.1 Å². The van der Waals surface area contributed by atoms with E-state index >= 15 is 0 Å². The van der Waals surface area contributed by atoms with Crippen LogP contribution in [-0.4, -0.2) is 54.4 Å². The molecule has 138 valence electrons. The summed E-state index contributed by atoms with van der Waals surface area (Å²) in [5.74, 6) is 1.47. The maximum absolute atomic E-state index is 13.3. The number of nitrogens with zero attached hydrogens (tertiary/aromatic N) is 4. The minimum atomic E-state index is -0.727. The van der Waals surface area contributed by atoms with Crippen molar-refractivity contribution in [2.24, 2.45) is 21.7 Å². The van der Waals surface area contributed by atoms with E-state index in [4.69, 9.17) is 10.7 Å². The van der Waals surface area contributed by atoms with E-state index in [2.05, 4.69) is 21.9 Å². The molecule has 3 unspecified atom stereocenters. The molecule has 3 aliphatic rings. The number of hydrogen-bond donors (Lipinski definition) is 2. The number of hydrazone groups is 1. The van der Waals surface area contributed by atoms with Crippen molar-refractivity contribution < 1.29 is 4.39 Å². The second-order valence-corrected chi connectivity index (χ2v) is 7.05. The molecule has 2 heterocycles. The predicted octanol–water partition coefficient (Wildman–Crippen LogP) is 2.17. The summed E-state index contributed by atoms with van der Waals surface area (Å²) in [6.07, 6.45) is 8.14. The van der Waals surface area contributed by atoms with Gasteiger partial charge in [-0.15, -0.1) is 0 Å². The Morgan fingerprint density at radius 2 is 2.16 bits per heavy atom. The lowest BCUT2D eigenvalue weighted by Crippen LogP contribution is -2.48. The highest BCUT2D eigenvalue weighted by atomic mass is 19.1. The molecule has 0 radical (unpaired) electrons. The minimum absolute atomic E-state index is 0.0443. The molecule has 0 aromatic carbocycles. The van der Waals surface area contributed by atoms with Crippen molar-refractivity contribution >= 4 is 12.1 Å². The summed E-state index contributed by atoms with van der Waals surface area (Å²) in [7, 11) is 1.88. The second kappa shape index (κ2) is 7.99. The Kier molecular flexibility index (Phi) is 5.73. The average Bonchev–Trinajstić information content (AvgIpc) is 2.95. The van der Waals surface area contributed by atoms with Crippen molar-refractivity contribution in [1.82, 2.24) is 15.2 Å². The lowest BCUT2D eigenvalue weighted by atomic mass is 10.0. The monoisotopic (exact) mass is 348 g/mol. The number of rotatable bonds is 4. The number of aliphatic imine (C=N–C) groups is 1. The average molecular weight is 348 g/mol. The van der Waals surface area contributed by atoms with Crippen LogP contribution >= 0.6 is 0 Å². The van der Waals surface area contributed by atoms with E-state index in [-0.39, 0.29) is 12.1 Å². The summed E-state index contributed by atoms with van der Waals surface area (Å²) in [5, 5.41) is 9.33. The van der Waals surface area contributed by atoms with E-state index in [9.17, 15) is 4.39 Å². The lowest BCUT2D eigenvalue weighted by Gasteiger charge is -2.34. The fraction of sp³-hybridized carbons (Fsp3) is 0.667. The number of nitrogens with two attached hydrogens (primary N) is 1. The topological polar surface area (TPSA) is 69.2 Å². The Morgan fingerprint density at radius 1 is 1.40 bits per heavy atom. The number of allylic oxidation sites excluding steroid dienone is 2. The predicted molar refractivity (Wildman–Crippen MR) is 99.7 cm³/mol. The summed E-state index contributed by atoms with van der Waals surface area (Å²) >= 11 is 0. The highest BCUT2D eigenvalue weighted by Gasteiger charge is 2.33. The molecule has 0 bridgehead atoms. The van der Waals surface area contributed by atoms with E-state index < -0.39 is 6.17 Å². The van der Waals surface area contributed by atoms with Crippen molar-refractivity contribution in [3.8, 4) is 0 Å². The fourth-order valence-corrected chi connectivity index (χ4v) is 3.54. The van der Waals surface area contributed by atoms with E-state index in [1.165, 1.54) is 6.42 Å². The lowest BCUT2D eigenvalue weighted by molar-refractivity contribution is 0.259. The first-order valence-electron chi connectivity index (χ1n) is 9.19. The van der Waals surface area contributed by atoms with Gasteiger partial charge >= 0.3 is 0 Å². The number of hydrogen-bond acceptors (Lipinski definition) is 5. The number of halogens is 1. The molecule has 1 aliphatic carbocycles. The van der Waals surface area contributed by atoms with Crippen LogP contribution in [0.5, 0.6) is 0 Å². The summed E-state index contributed by atoms with van der Waals surface area (Å²) in [5.41, 5.74) is 7.30. The molecule has 6 nitrogen and oxygen atoms in total. The van der Waals surface area contributed by atoms with Gasteiger partial charge in [0.25, 0.3) is 0 Å². The molecule has 2 aliphatic heterocycles. The van der Waals surface area contributed by atoms with E-state index in [0.717, 1.165) is 37.5 Å². The number of alkyl halides is 1. The molecule has 0 amide bonds. The van der Waals surface area contributed by atoms with Crippen LogP contribution in [0.15, 0.2) is 34.3 Å².